The fraction of sp³-hybridized carbons (Fsp3) is 0.458. The van der Waals surface area contributed by atoms with Gasteiger partial charge in [-0.15, -0.1) is 0 Å². The standard InChI is InChI=1S/C24H33N3O2/c1-20(25-24(28)13-10-21-8-11-23(29-2)12-9-21)18-26-14-16-27(17-15-26)19-22-6-4-3-5-7-22/h3-9,11-12,20H,10,13-19H2,1-2H3,(H,25,28)/t20-/m0/s1. The third kappa shape index (κ3) is 7.18. The molecule has 1 saturated heterocycles. The molecule has 0 bridgehead atoms. The zero-order valence-electron chi connectivity index (χ0n) is 17.6. The number of rotatable bonds is 9. The lowest BCUT2D eigenvalue weighted by molar-refractivity contribution is -0.121. The number of ether oxygens (including phenoxy) is 1. The van der Waals surface area contributed by atoms with E-state index in [1.54, 1.807) is 7.11 Å². The third-order valence-corrected chi connectivity index (χ3v) is 5.45. The maximum absolute atomic E-state index is 12.3. The van der Waals surface area contributed by atoms with E-state index >= 15 is 0 Å². The van der Waals surface area contributed by atoms with Gasteiger partial charge in [0, 0.05) is 51.7 Å². The lowest BCUT2D eigenvalue weighted by Crippen LogP contribution is -2.50. The Labute approximate surface area is 174 Å². The van der Waals surface area contributed by atoms with Crippen LogP contribution in [0.3, 0.4) is 0 Å². The smallest absolute Gasteiger partial charge is 0.220 e. The molecule has 1 aliphatic rings. The van der Waals surface area contributed by atoms with E-state index in [0.29, 0.717) is 6.42 Å². The molecular weight excluding hydrogens is 362 g/mol. The van der Waals surface area contributed by atoms with Crippen LogP contribution >= 0.6 is 0 Å². The van der Waals surface area contributed by atoms with E-state index in [4.69, 9.17) is 4.74 Å². The summed E-state index contributed by atoms with van der Waals surface area (Å²) in [6, 6.07) is 18.7. The summed E-state index contributed by atoms with van der Waals surface area (Å²) in [6.07, 6.45) is 1.27. The number of methoxy groups -OCH3 is 1. The number of nitrogens with zero attached hydrogens (tertiary/aromatic N) is 2. The molecule has 0 unspecified atom stereocenters. The Kier molecular flexibility index (Phi) is 8.08. The maximum Gasteiger partial charge on any atom is 0.220 e. The van der Waals surface area contributed by atoms with Crippen molar-refractivity contribution in [3.63, 3.8) is 0 Å². The largest absolute Gasteiger partial charge is 0.497 e. The molecule has 1 N–H and O–H groups in total. The first-order valence-corrected chi connectivity index (χ1v) is 10.5. The summed E-state index contributed by atoms with van der Waals surface area (Å²) in [7, 11) is 1.66. The summed E-state index contributed by atoms with van der Waals surface area (Å²) in [6.45, 7) is 8.29. The molecule has 1 heterocycles. The SMILES string of the molecule is COc1ccc(CCC(=O)N[C@@H](C)CN2CCN(Cc3ccccc3)CC2)cc1. The molecule has 0 radical (unpaired) electrons. The Bertz CT molecular complexity index is 740. The van der Waals surface area contributed by atoms with Gasteiger partial charge in [0.2, 0.25) is 5.91 Å². The molecule has 1 atom stereocenters. The molecule has 1 aliphatic heterocycles. The number of aryl methyl sites for hydroxylation is 1. The molecule has 0 aromatic heterocycles. The summed E-state index contributed by atoms with van der Waals surface area (Å²) in [4.78, 5) is 17.2. The number of carbonyl (C=O) groups is 1. The number of hydrogen-bond donors (Lipinski definition) is 1. The van der Waals surface area contributed by atoms with Crippen LogP contribution in [0.1, 0.15) is 24.5 Å². The van der Waals surface area contributed by atoms with Crippen LogP contribution in [0.5, 0.6) is 5.75 Å². The van der Waals surface area contributed by atoms with Crippen LogP contribution in [0.2, 0.25) is 0 Å². The van der Waals surface area contributed by atoms with Crippen molar-refractivity contribution in [3.8, 4) is 5.75 Å². The van der Waals surface area contributed by atoms with Crippen molar-refractivity contribution in [3.05, 3.63) is 65.7 Å². The topological polar surface area (TPSA) is 44.8 Å². The zero-order chi connectivity index (χ0) is 20.5. The second-order valence-corrected chi connectivity index (χ2v) is 7.88. The molecule has 2 aromatic carbocycles. The number of carbonyl (C=O) groups excluding carboxylic acids is 1. The Hall–Kier alpha value is -2.37. The van der Waals surface area contributed by atoms with Gasteiger partial charge >= 0.3 is 0 Å². The highest BCUT2D eigenvalue weighted by Gasteiger charge is 2.19. The molecule has 5 heteroatoms. The highest BCUT2D eigenvalue weighted by atomic mass is 16.5. The van der Waals surface area contributed by atoms with Gasteiger partial charge < -0.3 is 10.1 Å². The van der Waals surface area contributed by atoms with E-state index in [9.17, 15) is 4.79 Å². The molecule has 156 valence electrons. The van der Waals surface area contributed by atoms with Crippen molar-refractivity contribution in [2.75, 3.05) is 39.8 Å². The van der Waals surface area contributed by atoms with Gasteiger partial charge in [0.1, 0.15) is 5.75 Å². The van der Waals surface area contributed by atoms with Crippen molar-refractivity contribution in [2.24, 2.45) is 0 Å². The Morgan fingerprint density at radius 1 is 0.966 bits per heavy atom. The minimum Gasteiger partial charge on any atom is -0.497 e. The monoisotopic (exact) mass is 395 g/mol. The predicted molar refractivity (Wildman–Crippen MR) is 117 cm³/mol. The van der Waals surface area contributed by atoms with Crippen molar-refractivity contribution in [2.45, 2.75) is 32.4 Å². The first-order chi connectivity index (χ1) is 14.1. The van der Waals surface area contributed by atoms with Crippen LogP contribution in [0.4, 0.5) is 0 Å². The Balaban J connectivity index is 1.33. The normalized spacial score (nSPS) is 16.3. The summed E-state index contributed by atoms with van der Waals surface area (Å²) in [5.74, 6) is 0.965. The summed E-state index contributed by atoms with van der Waals surface area (Å²) in [5.41, 5.74) is 2.53. The molecule has 5 nitrogen and oxygen atoms in total. The minimum absolute atomic E-state index is 0.121. The van der Waals surface area contributed by atoms with Gasteiger partial charge in [-0.05, 0) is 36.6 Å². The summed E-state index contributed by atoms with van der Waals surface area (Å²) >= 11 is 0. The van der Waals surface area contributed by atoms with E-state index in [-0.39, 0.29) is 11.9 Å². The lowest BCUT2D eigenvalue weighted by atomic mass is 10.1. The van der Waals surface area contributed by atoms with Gasteiger partial charge in [-0.1, -0.05) is 42.5 Å². The fourth-order valence-electron chi connectivity index (χ4n) is 3.80. The Morgan fingerprint density at radius 2 is 1.62 bits per heavy atom. The number of nitrogens with one attached hydrogen (secondary N) is 1. The van der Waals surface area contributed by atoms with E-state index < -0.39 is 0 Å². The molecule has 0 saturated carbocycles. The third-order valence-electron chi connectivity index (χ3n) is 5.45. The van der Waals surface area contributed by atoms with Gasteiger partial charge in [0.05, 0.1) is 7.11 Å². The Morgan fingerprint density at radius 3 is 2.28 bits per heavy atom. The van der Waals surface area contributed by atoms with Gasteiger partial charge in [-0.3, -0.25) is 14.6 Å². The average Bonchev–Trinajstić information content (AvgIpc) is 2.75. The van der Waals surface area contributed by atoms with Crippen molar-refractivity contribution in [1.82, 2.24) is 15.1 Å². The second-order valence-electron chi connectivity index (χ2n) is 7.88. The van der Waals surface area contributed by atoms with E-state index in [0.717, 1.165) is 57.0 Å². The molecule has 0 spiro atoms. The quantitative estimate of drug-likeness (QED) is 0.709. The summed E-state index contributed by atoms with van der Waals surface area (Å²) < 4.78 is 5.17. The maximum atomic E-state index is 12.3. The predicted octanol–water partition coefficient (Wildman–Crippen LogP) is 2.95. The van der Waals surface area contributed by atoms with Crippen LogP contribution in [0.25, 0.3) is 0 Å². The van der Waals surface area contributed by atoms with Gasteiger partial charge in [-0.25, -0.2) is 0 Å². The highest BCUT2D eigenvalue weighted by Crippen LogP contribution is 2.13. The molecule has 1 fully saturated rings. The molecule has 0 aliphatic carbocycles. The molecule has 3 rings (SSSR count). The van der Waals surface area contributed by atoms with Gasteiger partial charge in [0.15, 0.2) is 0 Å². The molecular formula is C24H33N3O2. The van der Waals surface area contributed by atoms with Crippen molar-refractivity contribution >= 4 is 5.91 Å². The lowest BCUT2D eigenvalue weighted by Gasteiger charge is -2.36. The first-order valence-electron chi connectivity index (χ1n) is 10.5. The minimum atomic E-state index is 0.121. The van der Waals surface area contributed by atoms with Crippen LogP contribution in [-0.2, 0) is 17.8 Å². The van der Waals surface area contributed by atoms with E-state index in [1.807, 2.05) is 24.3 Å². The molecule has 2 aromatic rings. The first kappa shape index (κ1) is 21.3. The fourth-order valence-corrected chi connectivity index (χ4v) is 3.80. The number of amides is 1. The van der Waals surface area contributed by atoms with E-state index in [1.165, 1.54) is 5.56 Å². The molecule has 29 heavy (non-hydrogen) atoms. The van der Waals surface area contributed by atoms with Crippen molar-refractivity contribution < 1.29 is 9.53 Å². The van der Waals surface area contributed by atoms with Gasteiger partial charge in [0.25, 0.3) is 0 Å². The van der Waals surface area contributed by atoms with Gasteiger partial charge in [-0.2, -0.15) is 0 Å². The summed E-state index contributed by atoms with van der Waals surface area (Å²) in [5, 5.41) is 3.15. The van der Waals surface area contributed by atoms with Crippen molar-refractivity contribution in [1.29, 1.82) is 0 Å². The number of piperazine rings is 1. The van der Waals surface area contributed by atoms with Crippen LogP contribution in [0, 0.1) is 0 Å². The van der Waals surface area contributed by atoms with Crippen LogP contribution < -0.4 is 10.1 Å². The highest BCUT2D eigenvalue weighted by molar-refractivity contribution is 5.76. The van der Waals surface area contributed by atoms with Crippen LogP contribution in [-0.4, -0.2) is 61.6 Å². The molecule has 1 amide bonds. The number of benzene rings is 2. The second kappa shape index (κ2) is 11.0. The average molecular weight is 396 g/mol. The van der Waals surface area contributed by atoms with Crippen LogP contribution in [0.15, 0.2) is 54.6 Å². The van der Waals surface area contributed by atoms with E-state index in [2.05, 4.69) is 52.4 Å². The number of hydrogen-bond acceptors (Lipinski definition) is 4. The zero-order valence-corrected chi connectivity index (χ0v) is 17.6.